The first-order valence-electron chi connectivity index (χ1n) is 4.62. The number of thioether (sulfide) groups is 1. The van der Waals surface area contributed by atoms with E-state index in [-0.39, 0.29) is 5.75 Å². The van der Waals surface area contributed by atoms with Crippen LogP contribution < -0.4 is 0 Å². The fourth-order valence-electron chi connectivity index (χ4n) is 1.39. The number of aryl methyl sites for hydroxylation is 1. The summed E-state index contributed by atoms with van der Waals surface area (Å²) in [7, 11) is 0. The number of rotatable bonds is 3. The minimum absolute atomic E-state index is 0.0523. The Bertz CT molecular complexity index is 630. The third-order valence-corrected chi connectivity index (χ3v) is 4.20. The molecule has 2 aromatic heterocycles. The maximum Gasteiger partial charge on any atom is 0.313 e. The van der Waals surface area contributed by atoms with Crippen LogP contribution in [0.15, 0.2) is 11.4 Å². The van der Waals surface area contributed by atoms with Crippen molar-refractivity contribution >= 4 is 39.3 Å². The molecule has 2 aromatic rings. The van der Waals surface area contributed by atoms with Gasteiger partial charge in [-0.25, -0.2) is 9.97 Å². The van der Waals surface area contributed by atoms with Crippen LogP contribution in [0.1, 0.15) is 10.4 Å². The molecule has 0 amide bonds. The highest BCUT2D eigenvalue weighted by Crippen LogP contribution is 2.34. The summed E-state index contributed by atoms with van der Waals surface area (Å²) in [4.78, 5) is 20.0. The summed E-state index contributed by atoms with van der Waals surface area (Å²) in [5.41, 5.74) is 0.820. The van der Waals surface area contributed by atoms with Crippen molar-refractivity contribution in [3.63, 3.8) is 0 Å². The minimum Gasteiger partial charge on any atom is -0.481 e. The molecule has 0 fully saturated rings. The molecule has 86 valence electrons. The number of thiophene rings is 1. The van der Waals surface area contributed by atoms with E-state index in [9.17, 15) is 4.79 Å². The average molecular weight is 265 g/mol. The number of nitrogens with zero attached hydrogens (tertiary/aromatic N) is 3. The van der Waals surface area contributed by atoms with Crippen LogP contribution in [-0.2, 0) is 4.79 Å². The smallest absolute Gasteiger partial charge is 0.313 e. The highest BCUT2D eigenvalue weighted by Gasteiger charge is 2.14. The molecule has 0 aromatic carbocycles. The van der Waals surface area contributed by atoms with Gasteiger partial charge in [-0.05, 0) is 12.5 Å². The lowest BCUT2D eigenvalue weighted by atomic mass is 10.2. The summed E-state index contributed by atoms with van der Waals surface area (Å²) in [5.74, 6) is -0.946. The van der Waals surface area contributed by atoms with E-state index in [0.717, 1.165) is 27.5 Å². The number of aliphatic carboxylic acids is 1. The molecule has 1 N–H and O–H groups in total. The van der Waals surface area contributed by atoms with Crippen molar-refractivity contribution in [2.45, 2.75) is 11.9 Å². The van der Waals surface area contributed by atoms with Crippen LogP contribution in [0.2, 0.25) is 0 Å². The van der Waals surface area contributed by atoms with Crippen molar-refractivity contribution in [2.24, 2.45) is 0 Å². The van der Waals surface area contributed by atoms with Gasteiger partial charge in [-0.3, -0.25) is 4.79 Å². The number of aromatic nitrogens is 2. The number of carboxylic acids is 1. The van der Waals surface area contributed by atoms with Crippen molar-refractivity contribution in [1.82, 2.24) is 9.97 Å². The number of carbonyl (C=O) groups is 1. The zero-order valence-electron chi connectivity index (χ0n) is 8.80. The monoisotopic (exact) mass is 265 g/mol. The van der Waals surface area contributed by atoms with Crippen molar-refractivity contribution < 1.29 is 9.90 Å². The Hall–Kier alpha value is -1.65. The maximum atomic E-state index is 10.5. The molecule has 0 radical (unpaired) electrons. The zero-order chi connectivity index (χ0) is 12.4. The molecule has 0 saturated carbocycles. The fourth-order valence-corrected chi connectivity index (χ4v) is 3.17. The molecule has 0 aliphatic heterocycles. The van der Waals surface area contributed by atoms with Gasteiger partial charge < -0.3 is 5.11 Å². The molecule has 0 aliphatic carbocycles. The van der Waals surface area contributed by atoms with E-state index in [1.54, 1.807) is 0 Å². The van der Waals surface area contributed by atoms with Crippen molar-refractivity contribution in [1.29, 1.82) is 5.26 Å². The van der Waals surface area contributed by atoms with Crippen LogP contribution in [0.3, 0.4) is 0 Å². The van der Waals surface area contributed by atoms with E-state index < -0.39 is 5.97 Å². The zero-order valence-corrected chi connectivity index (χ0v) is 10.4. The Morgan fingerprint density at radius 2 is 2.41 bits per heavy atom. The largest absolute Gasteiger partial charge is 0.481 e. The molecular weight excluding hydrogens is 258 g/mol. The van der Waals surface area contributed by atoms with Gasteiger partial charge in [0.1, 0.15) is 27.1 Å². The minimum atomic E-state index is -0.893. The Morgan fingerprint density at radius 1 is 1.65 bits per heavy atom. The lowest BCUT2D eigenvalue weighted by molar-refractivity contribution is -0.133. The Balaban J connectivity index is 2.53. The van der Waals surface area contributed by atoms with Crippen molar-refractivity contribution in [2.75, 3.05) is 5.75 Å². The summed E-state index contributed by atoms with van der Waals surface area (Å²) < 4.78 is 0. The molecule has 0 unspecified atom stereocenters. The third-order valence-electron chi connectivity index (χ3n) is 2.13. The van der Waals surface area contributed by atoms with E-state index >= 15 is 0 Å². The van der Waals surface area contributed by atoms with E-state index in [1.165, 1.54) is 17.7 Å². The van der Waals surface area contributed by atoms with Crippen molar-refractivity contribution in [3.8, 4) is 6.07 Å². The summed E-state index contributed by atoms with van der Waals surface area (Å²) in [5, 5.41) is 19.0. The highest BCUT2D eigenvalue weighted by atomic mass is 32.2. The van der Waals surface area contributed by atoms with Crippen LogP contribution in [-0.4, -0.2) is 26.8 Å². The molecule has 0 bridgehead atoms. The van der Waals surface area contributed by atoms with Gasteiger partial charge in [-0.15, -0.1) is 11.3 Å². The number of fused-ring (bicyclic) bond motifs is 1. The second-order valence-corrected chi connectivity index (χ2v) is 5.17. The van der Waals surface area contributed by atoms with Crippen molar-refractivity contribution in [3.05, 3.63) is 16.8 Å². The van der Waals surface area contributed by atoms with Gasteiger partial charge in [0.2, 0.25) is 0 Å². The predicted molar refractivity (Wildman–Crippen MR) is 65.2 cm³/mol. The molecule has 0 saturated heterocycles. The van der Waals surface area contributed by atoms with Gasteiger partial charge in [0.05, 0.1) is 5.75 Å². The standard InChI is InChI=1S/C10H7N3O2S2/c1-5-6(2-11)17-10-8(5)9(12-4-13-10)16-3-7(14)15/h4H,3H2,1H3,(H,14,15). The molecule has 0 spiro atoms. The van der Waals surface area contributed by atoms with Gasteiger partial charge in [-0.2, -0.15) is 5.26 Å². The summed E-state index contributed by atoms with van der Waals surface area (Å²) in [6.45, 7) is 1.82. The SMILES string of the molecule is Cc1c(C#N)sc2ncnc(SCC(=O)O)c12. The first-order valence-corrected chi connectivity index (χ1v) is 6.42. The topological polar surface area (TPSA) is 86.9 Å². The number of hydrogen-bond acceptors (Lipinski definition) is 6. The van der Waals surface area contributed by atoms with E-state index in [2.05, 4.69) is 16.0 Å². The first-order chi connectivity index (χ1) is 8.13. The number of carboxylic acid groups (broad SMARTS) is 1. The van der Waals surface area contributed by atoms with Crippen LogP contribution in [0, 0.1) is 18.3 Å². The van der Waals surface area contributed by atoms with Gasteiger partial charge in [0.25, 0.3) is 0 Å². The molecular formula is C10H7N3O2S2. The van der Waals surface area contributed by atoms with Gasteiger partial charge in [-0.1, -0.05) is 11.8 Å². The van der Waals surface area contributed by atoms with Gasteiger partial charge in [0.15, 0.2) is 0 Å². The Labute approximate surface area is 105 Å². The van der Waals surface area contributed by atoms with E-state index in [4.69, 9.17) is 10.4 Å². The summed E-state index contributed by atoms with van der Waals surface area (Å²) in [6.07, 6.45) is 1.39. The van der Waals surface area contributed by atoms with Crippen LogP contribution in [0.4, 0.5) is 0 Å². The first kappa shape index (κ1) is 11.8. The number of hydrogen-bond donors (Lipinski definition) is 1. The average Bonchev–Trinajstić information content (AvgIpc) is 2.64. The molecule has 0 atom stereocenters. The predicted octanol–water partition coefficient (Wildman–Crippen LogP) is 2.05. The molecule has 2 heterocycles. The maximum absolute atomic E-state index is 10.5. The van der Waals surface area contributed by atoms with E-state index in [1.807, 2.05) is 6.92 Å². The molecule has 2 rings (SSSR count). The summed E-state index contributed by atoms with van der Waals surface area (Å²) >= 11 is 2.44. The second kappa shape index (κ2) is 4.69. The van der Waals surface area contributed by atoms with Gasteiger partial charge >= 0.3 is 5.97 Å². The summed E-state index contributed by atoms with van der Waals surface area (Å²) in [6, 6.07) is 2.10. The van der Waals surface area contributed by atoms with Crippen LogP contribution in [0.25, 0.3) is 10.2 Å². The molecule has 0 aliphatic rings. The lowest BCUT2D eigenvalue weighted by Crippen LogP contribution is -1.98. The fraction of sp³-hybridized carbons (Fsp3) is 0.200. The molecule has 17 heavy (non-hydrogen) atoms. The normalized spacial score (nSPS) is 10.4. The third kappa shape index (κ3) is 2.23. The second-order valence-electron chi connectivity index (χ2n) is 3.21. The van der Waals surface area contributed by atoms with Crippen LogP contribution >= 0.6 is 23.1 Å². The lowest BCUT2D eigenvalue weighted by Gasteiger charge is -2.00. The Kier molecular flexibility index (Phi) is 3.26. The highest BCUT2D eigenvalue weighted by molar-refractivity contribution is 8.00. The van der Waals surface area contributed by atoms with E-state index in [0.29, 0.717) is 9.90 Å². The molecule has 7 heteroatoms. The quantitative estimate of drug-likeness (QED) is 0.675. The van der Waals surface area contributed by atoms with Crippen LogP contribution in [0.5, 0.6) is 0 Å². The van der Waals surface area contributed by atoms with Gasteiger partial charge in [0, 0.05) is 5.39 Å². The number of nitriles is 1. The Morgan fingerprint density at radius 3 is 3.06 bits per heavy atom. The molecule has 5 nitrogen and oxygen atoms in total.